The molecule has 2 atom stereocenters. The van der Waals surface area contributed by atoms with Gasteiger partial charge in [0.1, 0.15) is 0 Å². The molecule has 2 aromatic rings. The second-order valence-electron chi connectivity index (χ2n) is 10.6. The van der Waals surface area contributed by atoms with Gasteiger partial charge in [-0.05, 0) is 72.8 Å². The highest BCUT2D eigenvalue weighted by Gasteiger charge is 2.51. The maximum atomic E-state index is 13.1. The van der Waals surface area contributed by atoms with Crippen LogP contribution in [0.15, 0.2) is 54.1 Å². The molecular weight excluding hydrogens is 394 g/mol. The maximum absolute atomic E-state index is 13.1. The van der Waals surface area contributed by atoms with E-state index < -0.39 is 0 Å². The topological polar surface area (TPSA) is 35.6 Å². The van der Waals surface area contributed by atoms with Crippen molar-refractivity contribution in [2.24, 2.45) is 17.3 Å². The number of allylic oxidation sites excluding steroid dienone is 1. The number of carbonyl (C=O) groups excluding carboxylic acids is 1. The van der Waals surface area contributed by atoms with Gasteiger partial charge in [-0.25, -0.2) is 4.79 Å². The van der Waals surface area contributed by atoms with Gasteiger partial charge < -0.3 is 10.2 Å². The molecule has 2 fully saturated rings. The molecule has 1 saturated heterocycles. The number of anilines is 1. The standard InChI is InChI=1S/C28H37N3O/c1-4-31(27(32)29-24-12-10-20-7-5-6-8-21(20)17-24)25-13-15-30(16-14-25)19-22-9-11-23-18-26(22)28(23,2)3/h5-10,12,17,23,25-26H,4,11,13-16,18-19H2,1-3H3,(H,29,32). The Morgan fingerprint density at radius 3 is 2.56 bits per heavy atom. The lowest BCUT2D eigenvalue weighted by molar-refractivity contribution is -0.0117. The van der Waals surface area contributed by atoms with Crippen molar-refractivity contribution in [1.82, 2.24) is 9.80 Å². The molecule has 1 N–H and O–H groups in total. The van der Waals surface area contributed by atoms with Crippen molar-refractivity contribution in [1.29, 1.82) is 0 Å². The second-order valence-corrected chi connectivity index (χ2v) is 10.6. The number of nitrogens with one attached hydrogen (secondary N) is 1. The predicted octanol–water partition coefficient (Wildman–Crippen LogP) is 6.15. The molecule has 0 radical (unpaired) electrons. The fourth-order valence-corrected chi connectivity index (χ4v) is 6.33. The Balaban J connectivity index is 1.16. The van der Waals surface area contributed by atoms with Crippen LogP contribution in [0.2, 0.25) is 0 Å². The lowest BCUT2D eigenvalue weighted by Gasteiger charge is -2.57. The first-order valence-electron chi connectivity index (χ1n) is 12.4. The number of fused-ring (bicyclic) bond motifs is 2. The number of amides is 2. The average molecular weight is 432 g/mol. The van der Waals surface area contributed by atoms with Crippen LogP contribution in [0.4, 0.5) is 10.5 Å². The van der Waals surface area contributed by atoms with Gasteiger partial charge in [-0.15, -0.1) is 0 Å². The van der Waals surface area contributed by atoms with Crippen molar-refractivity contribution < 1.29 is 4.79 Å². The highest BCUT2D eigenvalue weighted by atomic mass is 16.2. The van der Waals surface area contributed by atoms with Gasteiger partial charge in [-0.2, -0.15) is 0 Å². The van der Waals surface area contributed by atoms with E-state index in [9.17, 15) is 4.79 Å². The Hall–Kier alpha value is -2.33. The molecule has 2 bridgehead atoms. The summed E-state index contributed by atoms with van der Waals surface area (Å²) in [6, 6.07) is 14.8. The zero-order chi connectivity index (χ0) is 22.3. The highest BCUT2D eigenvalue weighted by molar-refractivity contribution is 5.93. The molecule has 0 aromatic heterocycles. The summed E-state index contributed by atoms with van der Waals surface area (Å²) in [4.78, 5) is 17.7. The minimum absolute atomic E-state index is 0.0264. The van der Waals surface area contributed by atoms with Crippen LogP contribution in [0.3, 0.4) is 0 Å². The van der Waals surface area contributed by atoms with Crippen molar-refractivity contribution in [3.8, 4) is 0 Å². The van der Waals surface area contributed by atoms with Crippen LogP contribution >= 0.6 is 0 Å². The third-order valence-electron chi connectivity index (χ3n) is 8.59. The quantitative estimate of drug-likeness (QED) is 0.576. The molecule has 4 heteroatoms. The number of carbonyl (C=O) groups is 1. The molecule has 3 aliphatic carbocycles. The lowest BCUT2D eigenvalue weighted by Crippen LogP contribution is -2.52. The largest absolute Gasteiger partial charge is 0.322 e. The molecule has 1 saturated carbocycles. The van der Waals surface area contributed by atoms with Gasteiger partial charge in [0.05, 0.1) is 0 Å². The van der Waals surface area contributed by atoms with E-state index in [0.717, 1.165) is 61.9 Å². The van der Waals surface area contributed by atoms with Gasteiger partial charge in [-0.1, -0.05) is 55.8 Å². The smallest absolute Gasteiger partial charge is 0.322 e. The van der Waals surface area contributed by atoms with Crippen molar-refractivity contribution in [2.45, 2.75) is 52.5 Å². The molecule has 4 aliphatic rings. The summed E-state index contributed by atoms with van der Waals surface area (Å²) < 4.78 is 0. The first-order chi connectivity index (χ1) is 15.5. The number of hydrogen-bond acceptors (Lipinski definition) is 2. The number of hydrogen-bond donors (Lipinski definition) is 1. The van der Waals surface area contributed by atoms with Crippen molar-refractivity contribution in [3.63, 3.8) is 0 Å². The summed E-state index contributed by atoms with van der Waals surface area (Å²) in [6.07, 6.45) is 7.32. The van der Waals surface area contributed by atoms with Crippen LogP contribution < -0.4 is 5.32 Å². The zero-order valence-electron chi connectivity index (χ0n) is 19.8. The maximum Gasteiger partial charge on any atom is 0.322 e. The molecule has 2 aromatic carbocycles. The molecule has 6 rings (SSSR count). The fraction of sp³-hybridized carbons (Fsp3) is 0.536. The molecular formula is C28H37N3O. The summed E-state index contributed by atoms with van der Waals surface area (Å²) in [5.74, 6) is 1.69. The number of benzene rings is 2. The van der Waals surface area contributed by atoms with Crippen LogP contribution in [-0.4, -0.2) is 48.1 Å². The second kappa shape index (κ2) is 8.55. The van der Waals surface area contributed by atoms with Crippen LogP contribution in [0.1, 0.15) is 46.5 Å². The molecule has 32 heavy (non-hydrogen) atoms. The average Bonchev–Trinajstić information content (AvgIpc) is 2.80. The SMILES string of the molecule is CCN(C(=O)Nc1ccc2ccccc2c1)C1CCN(CC2=CCC3CC2C3(C)C)CC1. The van der Waals surface area contributed by atoms with Gasteiger partial charge in [0, 0.05) is 37.9 Å². The summed E-state index contributed by atoms with van der Waals surface area (Å²) in [7, 11) is 0. The van der Waals surface area contributed by atoms with E-state index in [1.165, 1.54) is 18.2 Å². The van der Waals surface area contributed by atoms with Crippen molar-refractivity contribution >= 4 is 22.5 Å². The van der Waals surface area contributed by atoms with Gasteiger partial charge in [0.2, 0.25) is 0 Å². The summed E-state index contributed by atoms with van der Waals surface area (Å²) >= 11 is 0. The van der Waals surface area contributed by atoms with Crippen molar-refractivity contribution in [2.75, 3.05) is 31.5 Å². The van der Waals surface area contributed by atoms with E-state index in [1.54, 1.807) is 5.57 Å². The summed E-state index contributed by atoms with van der Waals surface area (Å²) in [6.45, 7) is 11.0. The van der Waals surface area contributed by atoms with Crippen LogP contribution in [0.5, 0.6) is 0 Å². The van der Waals surface area contributed by atoms with Gasteiger partial charge >= 0.3 is 6.03 Å². The Labute approximate surface area is 192 Å². The third-order valence-corrected chi connectivity index (χ3v) is 8.59. The molecule has 1 heterocycles. The zero-order valence-corrected chi connectivity index (χ0v) is 19.8. The van der Waals surface area contributed by atoms with E-state index in [-0.39, 0.29) is 6.03 Å². The summed E-state index contributed by atoms with van der Waals surface area (Å²) in [5, 5.41) is 5.49. The number of rotatable bonds is 5. The van der Waals surface area contributed by atoms with Crippen LogP contribution in [0.25, 0.3) is 10.8 Å². The number of nitrogens with zero attached hydrogens (tertiary/aromatic N) is 2. The van der Waals surface area contributed by atoms with Gasteiger partial charge in [0.15, 0.2) is 0 Å². The van der Waals surface area contributed by atoms with E-state index in [0.29, 0.717) is 11.5 Å². The Morgan fingerprint density at radius 1 is 1.12 bits per heavy atom. The Kier molecular flexibility index (Phi) is 5.75. The minimum Gasteiger partial charge on any atom is -0.322 e. The number of piperidine rings is 1. The molecule has 1 aliphatic heterocycles. The summed E-state index contributed by atoms with van der Waals surface area (Å²) in [5.41, 5.74) is 3.05. The third kappa shape index (κ3) is 3.94. The minimum atomic E-state index is 0.0264. The fourth-order valence-electron chi connectivity index (χ4n) is 6.33. The highest BCUT2D eigenvalue weighted by Crippen LogP contribution is 2.59. The molecule has 2 amide bonds. The Bertz CT molecular complexity index is 1020. The van der Waals surface area contributed by atoms with Crippen LogP contribution in [0, 0.1) is 17.3 Å². The molecule has 4 nitrogen and oxygen atoms in total. The van der Waals surface area contributed by atoms with E-state index in [2.05, 4.69) is 61.3 Å². The van der Waals surface area contributed by atoms with E-state index in [4.69, 9.17) is 0 Å². The number of likely N-dealkylation sites (tertiary alicyclic amines) is 1. The molecule has 0 spiro atoms. The molecule has 2 unspecified atom stereocenters. The normalized spacial score (nSPS) is 25.2. The molecule has 170 valence electrons. The monoisotopic (exact) mass is 431 g/mol. The van der Waals surface area contributed by atoms with E-state index in [1.807, 2.05) is 23.1 Å². The van der Waals surface area contributed by atoms with Gasteiger partial charge in [0.25, 0.3) is 0 Å². The lowest BCUT2D eigenvalue weighted by atomic mass is 9.49. The predicted molar refractivity (Wildman–Crippen MR) is 133 cm³/mol. The van der Waals surface area contributed by atoms with Gasteiger partial charge in [-0.3, -0.25) is 4.90 Å². The van der Waals surface area contributed by atoms with E-state index >= 15 is 0 Å². The van der Waals surface area contributed by atoms with Crippen molar-refractivity contribution in [3.05, 3.63) is 54.1 Å². The first-order valence-corrected chi connectivity index (χ1v) is 12.4. The number of urea groups is 1. The van der Waals surface area contributed by atoms with Crippen LogP contribution in [-0.2, 0) is 0 Å². The Morgan fingerprint density at radius 2 is 1.88 bits per heavy atom. The first kappa shape index (κ1) is 21.5.